The summed E-state index contributed by atoms with van der Waals surface area (Å²) in [6.07, 6.45) is 0. The fourth-order valence-electron chi connectivity index (χ4n) is 2.03. The highest BCUT2D eigenvalue weighted by molar-refractivity contribution is 5.60. The fourth-order valence-corrected chi connectivity index (χ4v) is 2.03. The van der Waals surface area contributed by atoms with E-state index in [1.54, 1.807) is 12.1 Å². The first kappa shape index (κ1) is 12.3. The summed E-state index contributed by atoms with van der Waals surface area (Å²) in [6, 6.07) is 6.61. The van der Waals surface area contributed by atoms with Crippen molar-refractivity contribution < 1.29 is 4.92 Å². The van der Waals surface area contributed by atoms with E-state index in [0.717, 1.165) is 31.9 Å². The van der Waals surface area contributed by atoms with E-state index in [9.17, 15) is 10.1 Å². The van der Waals surface area contributed by atoms with Gasteiger partial charge in [0.05, 0.1) is 4.92 Å². The van der Waals surface area contributed by atoms with Crippen molar-refractivity contribution in [2.45, 2.75) is 0 Å². The lowest BCUT2D eigenvalue weighted by atomic mass is 10.1. The number of likely N-dealkylation sites (N-methyl/N-ethyl adjacent to an activating group) is 1. The largest absolute Gasteiger partial charge is 0.369 e. The Labute approximate surface area is 105 Å². The predicted molar refractivity (Wildman–Crippen MR) is 67.5 cm³/mol. The van der Waals surface area contributed by atoms with E-state index >= 15 is 0 Å². The van der Waals surface area contributed by atoms with Crippen LogP contribution >= 0.6 is 0 Å². The van der Waals surface area contributed by atoms with Crippen LogP contribution in [0.15, 0.2) is 18.2 Å². The van der Waals surface area contributed by atoms with Crippen LogP contribution in [0.4, 0.5) is 11.4 Å². The molecule has 1 heterocycles. The molecule has 0 aliphatic carbocycles. The number of nitro groups is 1. The van der Waals surface area contributed by atoms with Crippen molar-refractivity contribution >= 4 is 11.4 Å². The average Bonchev–Trinajstić information content (AvgIpc) is 2.38. The second-order valence-electron chi connectivity index (χ2n) is 4.36. The van der Waals surface area contributed by atoms with E-state index in [1.165, 1.54) is 6.07 Å². The minimum atomic E-state index is -0.522. The monoisotopic (exact) mass is 246 g/mol. The highest BCUT2D eigenvalue weighted by Crippen LogP contribution is 2.25. The molecule has 18 heavy (non-hydrogen) atoms. The van der Waals surface area contributed by atoms with Gasteiger partial charge in [-0.15, -0.1) is 0 Å². The summed E-state index contributed by atoms with van der Waals surface area (Å²) in [5.74, 6) is 0. The van der Waals surface area contributed by atoms with E-state index in [4.69, 9.17) is 5.26 Å². The van der Waals surface area contributed by atoms with Gasteiger partial charge in [0.2, 0.25) is 0 Å². The third-order valence-electron chi connectivity index (χ3n) is 3.17. The van der Waals surface area contributed by atoms with Crippen molar-refractivity contribution in [3.05, 3.63) is 33.9 Å². The zero-order chi connectivity index (χ0) is 13.1. The maximum absolute atomic E-state index is 10.7. The summed E-state index contributed by atoms with van der Waals surface area (Å²) in [5.41, 5.74) is 0.872. The average molecular weight is 246 g/mol. The maximum Gasteiger partial charge on any atom is 0.287 e. The van der Waals surface area contributed by atoms with Crippen molar-refractivity contribution in [1.29, 1.82) is 5.26 Å². The lowest BCUT2D eigenvalue weighted by Crippen LogP contribution is -2.44. The lowest BCUT2D eigenvalue weighted by molar-refractivity contribution is -0.385. The Morgan fingerprint density at radius 1 is 1.33 bits per heavy atom. The van der Waals surface area contributed by atoms with E-state index in [0.29, 0.717) is 0 Å². The predicted octanol–water partition coefficient (Wildman–Crippen LogP) is 1.22. The molecule has 94 valence electrons. The van der Waals surface area contributed by atoms with E-state index in [2.05, 4.69) is 16.8 Å². The quantitative estimate of drug-likeness (QED) is 0.579. The molecule has 0 spiro atoms. The SMILES string of the molecule is CN1CCN(c2ccc([N+](=O)[O-])c(C#N)c2)CC1. The minimum Gasteiger partial charge on any atom is -0.369 e. The molecule has 1 fully saturated rings. The summed E-state index contributed by atoms with van der Waals surface area (Å²) < 4.78 is 0. The Morgan fingerprint density at radius 3 is 2.56 bits per heavy atom. The molecule has 2 rings (SSSR count). The number of nitro benzene ring substituents is 1. The van der Waals surface area contributed by atoms with Gasteiger partial charge in [-0.25, -0.2) is 0 Å². The molecular formula is C12H14N4O2. The second-order valence-corrected chi connectivity index (χ2v) is 4.36. The molecule has 6 heteroatoms. The van der Waals surface area contributed by atoms with Crippen LogP contribution in [0.25, 0.3) is 0 Å². The third kappa shape index (κ3) is 2.41. The second kappa shape index (κ2) is 5.02. The molecular weight excluding hydrogens is 232 g/mol. The van der Waals surface area contributed by atoms with Crippen LogP contribution in [0.1, 0.15) is 5.56 Å². The van der Waals surface area contributed by atoms with Gasteiger partial charge in [-0.3, -0.25) is 10.1 Å². The Hall–Kier alpha value is -2.13. The molecule has 0 radical (unpaired) electrons. The van der Waals surface area contributed by atoms with Gasteiger partial charge in [-0.05, 0) is 19.2 Å². The van der Waals surface area contributed by atoms with Crippen molar-refractivity contribution in [1.82, 2.24) is 4.90 Å². The number of rotatable bonds is 2. The molecule has 0 bridgehead atoms. The molecule has 0 amide bonds. The summed E-state index contributed by atoms with van der Waals surface area (Å²) >= 11 is 0. The van der Waals surface area contributed by atoms with Gasteiger partial charge in [0, 0.05) is 37.9 Å². The van der Waals surface area contributed by atoms with Crippen LogP contribution in [-0.2, 0) is 0 Å². The molecule has 6 nitrogen and oxygen atoms in total. The topological polar surface area (TPSA) is 73.4 Å². The van der Waals surface area contributed by atoms with Crippen LogP contribution in [0, 0.1) is 21.4 Å². The fraction of sp³-hybridized carbons (Fsp3) is 0.417. The van der Waals surface area contributed by atoms with Crippen LogP contribution in [0.2, 0.25) is 0 Å². The van der Waals surface area contributed by atoms with Gasteiger partial charge in [-0.1, -0.05) is 0 Å². The normalized spacial score (nSPS) is 16.3. The van der Waals surface area contributed by atoms with Crippen molar-refractivity contribution in [3.8, 4) is 6.07 Å². The van der Waals surface area contributed by atoms with E-state index in [-0.39, 0.29) is 11.3 Å². The van der Waals surface area contributed by atoms with Gasteiger partial charge >= 0.3 is 0 Å². The zero-order valence-corrected chi connectivity index (χ0v) is 10.2. The van der Waals surface area contributed by atoms with Gasteiger partial charge < -0.3 is 9.80 Å². The Morgan fingerprint density at radius 2 is 2.00 bits per heavy atom. The van der Waals surface area contributed by atoms with Gasteiger partial charge in [-0.2, -0.15) is 5.26 Å². The van der Waals surface area contributed by atoms with Crippen molar-refractivity contribution in [2.24, 2.45) is 0 Å². The maximum atomic E-state index is 10.7. The highest BCUT2D eigenvalue weighted by Gasteiger charge is 2.18. The molecule has 1 saturated heterocycles. The number of nitrogens with zero attached hydrogens (tertiary/aromatic N) is 4. The third-order valence-corrected chi connectivity index (χ3v) is 3.17. The molecule has 0 unspecified atom stereocenters. The van der Waals surface area contributed by atoms with Gasteiger partial charge in [0.15, 0.2) is 0 Å². The Bertz CT molecular complexity index is 501. The molecule has 1 aromatic rings. The van der Waals surface area contributed by atoms with E-state index in [1.807, 2.05) is 6.07 Å². The van der Waals surface area contributed by atoms with Crippen molar-refractivity contribution in [2.75, 3.05) is 38.1 Å². The molecule has 1 aliphatic rings. The first-order chi connectivity index (χ1) is 8.61. The Balaban J connectivity index is 2.25. The molecule has 1 aliphatic heterocycles. The molecule has 0 aromatic heterocycles. The number of piperazine rings is 1. The zero-order valence-electron chi connectivity index (χ0n) is 10.2. The lowest BCUT2D eigenvalue weighted by Gasteiger charge is -2.34. The van der Waals surface area contributed by atoms with Crippen LogP contribution in [0.5, 0.6) is 0 Å². The van der Waals surface area contributed by atoms with Gasteiger partial charge in [0.1, 0.15) is 11.6 Å². The summed E-state index contributed by atoms with van der Waals surface area (Å²) in [6.45, 7) is 3.66. The number of hydrogen-bond acceptors (Lipinski definition) is 5. The van der Waals surface area contributed by atoms with E-state index < -0.39 is 4.92 Å². The number of hydrogen-bond donors (Lipinski definition) is 0. The first-order valence-electron chi connectivity index (χ1n) is 5.74. The standard InChI is InChI=1S/C12H14N4O2/c1-14-4-6-15(7-5-14)11-2-3-12(16(17)18)10(8-11)9-13/h2-3,8H,4-7H2,1H3. The summed E-state index contributed by atoms with van der Waals surface area (Å²) in [7, 11) is 2.06. The smallest absolute Gasteiger partial charge is 0.287 e. The molecule has 0 saturated carbocycles. The van der Waals surface area contributed by atoms with Crippen molar-refractivity contribution in [3.63, 3.8) is 0 Å². The number of anilines is 1. The molecule has 1 aromatic carbocycles. The van der Waals surface area contributed by atoms with Crippen LogP contribution in [0.3, 0.4) is 0 Å². The highest BCUT2D eigenvalue weighted by atomic mass is 16.6. The van der Waals surface area contributed by atoms with Crippen LogP contribution in [-0.4, -0.2) is 43.0 Å². The molecule has 0 N–H and O–H groups in total. The first-order valence-corrected chi connectivity index (χ1v) is 5.74. The summed E-state index contributed by atoms with van der Waals surface area (Å²) in [4.78, 5) is 14.6. The molecule has 0 atom stereocenters. The van der Waals surface area contributed by atoms with Gasteiger partial charge in [0.25, 0.3) is 5.69 Å². The number of benzene rings is 1. The van der Waals surface area contributed by atoms with Crippen LogP contribution < -0.4 is 4.90 Å². The minimum absolute atomic E-state index is 0.122. The Kier molecular flexibility index (Phi) is 3.44. The number of nitriles is 1. The summed E-state index contributed by atoms with van der Waals surface area (Å²) in [5, 5.41) is 19.7.